The summed E-state index contributed by atoms with van der Waals surface area (Å²) in [6.45, 7) is 8.05. The monoisotopic (exact) mass is 208 g/mol. The lowest BCUT2D eigenvalue weighted by Gasteiger charge is -2.23. The molecule has 0 aliphatic rings. The third-order valence-corrected chi connectivity index (χ3v) is 1.74. The summed E-state index contributed by atoms with van der Waals surface area (Å²) in [5.74, 6) is 0.772. The predicted molar refractivity (Wildman–Crippen MR) is 55.2 cm³/mol. The van der Waals surface area contributed by atoms with Crippen molar-refractivity contribution in [3.8, 4) is 0 Å². The topological polar surface area (TPSA) is 12.0 Å². The van der Waals surface area contributed by atoms with Crippen LogP contribution in [0.1, 0.15) is 20.3 Å². The second-order valence-corrected chi connectivity index (χ2v) is 4.97. The zero-order valence-electron chi connectivity index (χ0n) is 9.73. The summed E-state index contributed by atoms with van der Waals surface area (Å²) in [6.07, 6.45) is 1.27. The smallest absolute Gasteiger partial charge is 0.0792 e. The van der Waals surface area contributed by atoms with Gasteiger partial charge in [-0.25, -0.2) is 0 Å². The lowest BCUT2D eigenvalue weighted by Crippen LogP contribution is -3.00. The Morgan fingerprint density at radius 3 is 2.08 bits per heavy atom. The lowest BCUT2D eigenvalue weighted by atomic mass is 10.2. The van der Waals surface area contributed by atoms with E-state index in [1.807, 2.05) is 0 Å². The van der Waals surface area contributed by atoms with Crippen LogP contribution in [-0.2, 0) is 0 Å². The molecule has 0 amide bonds. The normalized spacial score (nSPS) is 11.5. The van der Waals surface area contributed by atoms with Gasteiger partial charge in [-0.3, -0.25) is 0 Å². The molecule has 0 aromatic heterocycles. The molecule has 0 aromatic rings. The molecular weight excluding hydrogens is 184 g/mol. The number of hydrogen-bond donors (Lipinski definition) is 1. The average Bonchev–Trinajstić information content (AvgIpc) is 1.83. The molecule has 1 N–H and O–H groups in total. The second kappa shape index (κ2) is 7.60. The zero-order valence-corrected chi connectivity index (χ0v) is 10.5. The molecule has 82 valence electrons. The highest BCUT2D eigenvalue weighted by Crippen LogP contribution is 1.92. The number of hydrogen-bond acceptors (Lipinski definition) is 1. The number of quaternary nitrogens is 1. The Hall–Kier alpha value is 0.210. The van der Waals surface area contributed by atoms with Crippen molar-refractivity contribution in [2.75, 3.05) is 40.8 Å². The average molecular weight is 209 g/mol. The largest absolute Gasteiger partial charge is 1.00 e. The molecule has 0 bridgehead atoms. The molecule has 0 aromatic carbocycles. The molecule has 0 rings (SSSR count). The maximum atomic E-state index is 3.45. The van der Waals surface area contributed by atoms with E-state index >= 15 is 0 Å². The summed E-state index contributed by atoms with van der Waals surface area (Å²) in [4.78, 5) is 0. The number of nitrogens with one attached hydrogen (secondary N) is 1. The van der Waals surface area contributed by atoms with Gasteiger partial charge in [0.2, 0.25) is 0 Å². The molecule has 0 fully saturated rings. The zero-order chi connectivity index (χ0) is 9.61. The Kier molecular flexibility index (Phi) is 9.16. The van der Waals surface area contributed by atoms with Crippen molar-refractivity contribution in [3.05, 3.63) is 0 Å². The molecule has 0 saturated heterocycles. The fourth-order valence-electron chi connectivity index (χ4n) is 1.07. The standard InChI is InChI=1S/C10H25N2.ClH/c1-10(2)9-11-7-6-8-12(3,4)5;/h10-11H,6-9H2,1-5H3;1H/q+1;/p-1. The van der Waals surface area contributed by atoms with Crippen LogP contribution in [0.3, 0.4) is 0 Å². The van der Waals surface area contributed by atoms with E-state index in [-0.39, 0.29) is 12.4 Å². The maximum absolute atomic E-state index is 3.45. The van der Waals surface area contributed by atoms with Crippen molar-refractivity contribution in [2.45, 2.75) is 20.3 Å². The fraction of sp³-hybridized carbons (Fsp3) is 1.00. The van der Waals surface area contributed by atoms with Crippen molar-refractivity contribution < 1.29 is 16.9 Å². The van der Waals surface area contributed by atoms with Crippen LogP contribution in [0.2, 0.25) is 0 Å². The summed E-state index contributed by atoms with van der Waals surface area (Å²) in [7, 11) is 6.72. The molecule has 0 heterocycles. The van der Waals surface area contributed by atoms with Crippen molar-refractivity contribution in [1.29, 1.82) is 0 Å². The van der Waals surface area contributed by atoms with Crippen LogP contribution in [0, 0.1) is 5.92 Å². The molecule has 0 radical (unpaired) electrons. The minimum absolute atomic E-state index is 0. The molecule has 0 saturated carbocycles. The SMILES string of the molecule is CC(C)CNCCC[N+](C)(C)C.[Cl-]. The Bertz CT molecular complexity index is 108. The number of rotatable bonds is 6. The van der Waals surface area contributed by atoms with Gasteiger partial charge < -0.3 is 22.2 Å². The Morgan fingerprint density at radius 2 is 1.69 bits per heavy atom. The van der Waals surface area contributed by atoms with Gasteiger partial charge >= 0.3 is 0 Å². The predicted octanol–water partition coefficient (Wildman–Crippen LogP) is -1.67. The van der Waals surface area contributed by atoms with Crippen LogP contribution >= 0.6 is 0 Å². The lowest BCUT2D eigenvalue weighted by molar-refractivity contribution is -0.870. The maximum Gasteiger partial charge on any atom is 0.0792 e. The minimum Gasteiger partial charge on any atom is -1.00 e. The van der Waals surface area contributed by atoms with Crippen molar-refractivity contribution in [2.24, 2.45) is 5.92 Å². The fourth-order valence-corrected chi connectivity index (χ4v) is 1.07. The van der Waals surface area contributed by atoms with Crippen molar-refractivity contribution in [1.82, 2.24) is 5.32 Å². The number of nitrogens with zero attached hydrogens (tertiary/aromatic N) is 1. The first-order chi connectivity index (χ1) is 5.42. The van der Waals surface area contributed by atoms with Crippen molar-refractivity contribution in [3.63, 3.8) is 0 Å². The van der Waals surface area contributed by atoms with Gasteiger partial charge in [0.15, 0.2) is 0 Å². The van der Waals surface area contributed by atoms with E-state index in [4.69, 9.17) is 0 Å². The summed E-state index contributed by atoms with van der Waals surface area (Å²) in [5, 5.41) is 3.45. The quantitative estimate of drug-likeness (QED) is 0.407. The third kappa shape index (κ3) is 15.0. The molecule has 0 spiro atoms. The van der Waals surface area contributed by atoms with E-state index in [1.54, 1.807) is 0 Å². The molecule has 0 atom stereocenters. The van der Waals surface area contributed by atoms with Crippen LogP contribution in [0.4, 0.5) is 0 Å². The van der Waals surface area contributed by atoms with Gasteiger partial charge in [-0.15, -0.1) is 0 Å². The Morgan fingerprint density at radius 1 is 1.15 bits per heavy atom. The Balaban J connectivity index is 0. The summed E-state index contributed by atoms with van der Waals surface area (Å²) in [5.41, 5.74) is 0. The van der Waals surface area contributed by atoms with Crippen LogP contribution in [0.15, 0.2) is 0 Å². The van der Waals surface area contributed by atoms with Gasteiger partial charge in [0.1, 0.15) is 0 Å². The van der Waals surface area contributed by atoms with Gasteiger partial charge in [0.25, 0.3) is 0 Å². The van der Waals surface area contributed by atoms with Gasteiger partial charge in [-0.1, -0.05) is 13.8 Å². The first-order valence-corrected chi connectivity index (χ1v) is 4.93. The highest BCUT2D eigenvalue weighted by molar-refractivity contribution is 4.50. The second-order valence-electron chi connectivity index (χ2n) is 4.97. The van der Waals surface area contributed by atoms with Gasteiger partial charge in [-0.05, 0) is 12.5 Å². The van der Waals surface area contributed by atoms with Gasteiger partial charge in [0, 0.05) is 13.0 Å². The molecule has 3 heteroatoms. The molecule has 0 unspecified atom stereocenters. The van der Waals surface area contributed by atoms with Crippen LogP contribution in [-0.4, -0.2) is 45.3 Å². The molecule has 0 aliphatic carbocycles. The van der Waals surface area contributed by atoms with Crippen LogP contribution in [0.5, 0.6) is 0 Å². The van der Waals surface area contributed by atoms with Gasteiger partial charge in [0.05, 0.1) is 27.7 Å². The van der Waals surface area contributed by atoms with Gasteiger partial charge in [-0.2, -0.15) is 0 Å². The first kappa shape index (κ1) is 15.7. The summed E-state index contributed by atoms with van der Waals surface area (Å²) in [6, 6.07) is 0. The molecule has 2 nitrogen and oxygen atoms in total. The first-order valence-electron chi connectivity index (χ1n) is 4.93. The Labute approximate surface area is 89.7 Å². The molecule has 13 heavy (non-hydrogen) atoms. The van der Waals surface area contributed by atoms with Crippen molar-refractivity contribution >= 4 is 0 Å². The summed E-state index contributed by atoms with van der Waals surface area (Å²) >= 11 is 0. The van der Waals surface area contributed by atoms with E-state index in [2.05, 4.69) is 40.3 Å². The summed E-state index contributed by atoms with van der Waals surface area (Å²) < 4.78 is 1.07. The van der Waals surface area contributed by atoms with E-state index < -0.39 is 0 Å². The molecule has 0 aliphatic heterocycles. The third-order valence-electron chi connectivity index (χ3n) is 1.74. The van der Waals surface area contributed by atoms with E-state index in [0.29, 0.717) is 0 Å². The van der Waals surface area contributed by atoms with Crippen LogP contribution < -0.4 is 17.7 Å². The van der Waals surface area contributed by atoms with Crippen LogP contribution in [0.25, 0.3) is 0 Å². The highest BCUT2D eigenvalue weighted by atomic mass is 35.5. The molecular formula is C10H25ClN2. The van der Waals surface area contributed by atoms with E-state index in [1.165, 1.54) is 13.0 Å². The highest BCUT2D eigenvalue weighted by Gasteiger charge is 2.04. The van der Waals surface area contributed by atoms with E-state index in [9.17, 15) is 0 Å². The van der Waals surface area contributed by atoms with E-state index in [0.717, 1.165) is 23.5 Å². The number of halogens is 1. The minimum atomic E-state index is 0.